The van der Waals surface area contributed by atoms with Gasteiger partial charge in [0.15, 0.2) is 23.3 Å². The van der Waals surface area contributed by atoms with Crippen molar-refractivity contribution < 1.29 is 9.13 Å². The minimum Gasteiger partial charge on any atom is -0.377 e. The van der Waals surface area contributed by atoms with E-state index in [9.17, 15) is 4.39 Å². The molecule has 1 aliphatic heterocycles. The van der Waals surface area contributed by atoms with Gasteiger partial charge in [0.05, 0.1) is 5.69 Å². The highest BCUT2D eigenvalue weighted by atomic mass is 19.1. The summed E-state index contributed by atoms with van der Waals surface area (Å²) in [4.78, 5) is 14.9. The maximum Gasteiger partial charge on any atom is 0.187 e. The van der Waals surface area contributed by atoms with Gasteiger partial charge in [-0.3, -0.25) is 5.10 Å². The van der Waals surface area contributed by atoms with Gasteiger partial charge in [-0.1, -0.05) is 6.92 Å². The average Bonchev–Trinajstić information content (AvgIpc) is 3.20. The Balaban J connectivity index is 1.60. The van der Waals surface area contributed by atoms with Crippen LogP contribution in [0.15, 0.2) is 6.33 Å². The molecule has 4 rings (SSSR count). The summed E-state index contributed by atoms with van der Waals surface area (Å²) < 4.78 is 19.8. The Morgan fingerprint density at radius 2 is 2.16 bits per heavy atom. The predicted molar refractivity (Wildman–Crippen MR) is 89.6 cm³/mol. The van der Waals surface area contributed by atoms with E-state index in [0.29, 0.717) is 42.9 Å². The zero-order chi connectivity index (χ0) is 17.4. The molecule has 0 spiro atoms. The number of halogens is 1. The normalized spacial score (nSPS) is 23.4. The number of anilines is 1. The van der Waals surface area contributed by atoms with Gasteiger partial charge in [0, 0.05) is 26.1 Å². The summed E-state index contributed by atoms with van der Waals surface area (Å²) in [5, 5.41) is 7.34. The Morgan fingerprint density at radius 3 is 2.88 bits per heavy atom. The summed E-state index contributed by atoms with van der Waals surface area (Å²) in [6.07, 6.45) is 4.49. The fourth-order valence-corrected chi connectivity index (χ4v) is 3.82. The minimum atomic E-state index is -0.296. The van der Waals surface area contributed by atoms with Crippen LogP contribution in [0.5, 0.6) is 0 Å². The van der Waals surface area contributed by atoms with Crippen molar-refractivity contribution in [2.45, 2.75) is 38.7 Å². The van der Waals surface area contributed by atoms with E-state index in [2.05, 4.69) is 25.1 Å². The van der Waals surface area contributed by atoms with Gasteiger partial charge in [-0.25, -0.2) is 19.3 Å². The van der Waals surface area contributed by atoms with E-state index in [-0.39, 0.29) is 11.7 Å². The lowest BCUT2D eigenvalue weighted by Crippen LogP contribution is -2.23. The lowest BCUT2D eigenvalue weighted by atomic mass is 9.91. The molecule has 2 fully saturated rings. The number of nitrogens with one attached hydrogen (secondary N) is 1. The van der Waals surface area contributed by atoms with Gasteiger partial charge in [-0.2, -0.15) is 5.10 Å². The van der Waals surface area contributed by atoms with E-state index in [1.165, 1.54) is 19.2 Å². The first kappa shape index (κ1) is 16.4. The lowest BCUT2D eigenvalue weighted by molar-refractivity contribution is 0.178. The molecule has 0 bridgehead atoms. The standard InChI is InChI=1S/C17H23FN6O/c1-3-13-15(18)17(20-9-19-13)24-6-11(10-4-5-10)12(7-24)16-21-14(8-25-2)22-23-16/h9-12H,3-8H2,1-2H3,(H,21,22,23)/t11-,12+/m1/s1. The molecular formula is C17H23FN6O. The van der Waals surface area contributed by atoms with Gasteiger partial charge in [-0.05, 0) is 31.1 Å². The molecule has 25 heavy (non-hydrogen) atoms. The van der Waals surface area contributed by atoms with Crippen molar-refractivity contribution in [3.05, 3.63) is 29.5 Å². The van der Waals surface area contributed by atoms with Gasteiger partial charge in [0.1, 0.15) is 12.9 Å². The Kier molecular flexibility index (Phi) is 4.37. The molecule has 2 atom stereocenters. The highest BCUT2D eigenvalue weighted by molar-refractivity contribution is 5.44. The van der Waals surface area contributed by atoms with Crippen molar-refractivity contribution in [3.8, 4) is 0 Å². The monoisotopic (exact) mass is 346 g/mol. The maximum absolute atomic E-state index is 14.7. The highest BCUT2D eigenvalue weighted by Crippen LogP contribution is 2.47. The Bertz CT molecular complexity index is 746. The summed E-state index contributed by atoms with van der Waals surface area (Å²) in [5.41, 5.74) is 0.469. The molecule has 0 radical (unpaired) electrons. The average molecular weight is 346 g/mol. The van der Waals surface area contributed by atoms with Crippen LogP contribution in [0.2, 0.25) is 0 Å². The molecule has 134 valence electrons. The fraction of sp³-hybridized carbons (Fsp3) is 0.647. The van der Waals surface area contributed by atoms with Crippen LogP contribution in [0.4, 0.5) is 10.2 Å². The molecule has 3 heterocycles. The number of aromatic amines is 1. The van der Waals surface area contributed by atoms with E-state index < -0.39 is 0 Å². The van der Waals surface area contributed by atoms with Crippen molar-refractivity contribution in [3.63, 3.8) is 0 Å². The fourth-order valence-electron chi connectivity index (χ4n) is 3.82. The van der Waals surface area contributed by atoms with Crippen molar-refractivity contribution in [1.29, 1.82) is 0 Å². The predicted octanol–water partition coefficient (Wildman–Crippen LogP) is 2.07. The van der Waals surface area contributed by atoms with Gasteiger partial charge >= 0.3 is 0 Å². The van der Waals surface area contributed by atoms with Gasteiger partial charge in [0.25, 0.3) is 0 Å². The number of methoxy groups -OCH3 is 1. The zero-order valence-electron chi connectivity index (χ0n) is 14.6. The molecule has 1 N–H and O–H groups in total. The Morgan fingerprint density at radius 1 is 1.32 bits per heavy atom. The van der Waals surface area contributed by atoms with Crippen molar-refractivity contribution >= 4 is 5.82 Å². The quantitative estimate of drug-likeness (QED) is 0.862. The van der Waals surface area contributed by atoms with E-state index in [0.717, 1.165) is 18.2 Å². The summed E-state index contributed by atoms with van der Waals surface area (Å²) >= 11 is 0. The number of hydrogen-bond acceptors (Lipinski definition) is 6. The number of aryl methyl sites for hydroxylation is 1. The van der Waals surface area contributed by atoms with Crippen LogP contribution in [0, 0.1) is 17.7 Å². The summed E-state index contributed by atoms with van der Waals surface area (Å²) in [5.74, 6) is 2.95. The minimum absolute atomic E-state index is 0.189. The first-order chi connectivity index (χ1) is 12.2. The molecule has 0 aromatic carbocycles. The number of hydrogen-bond donors (Lipinski definition) is 1. The third-order valence-electron chi connectivity index (χ3n) is 5.23. The Labute approximate surface area is 146 Å². The zero-order valence-corrected chi connectivity index (χ0v) is 14.6. The molecule has 0 unspecified atom stereocenters. The molecule has 1 saturated carbocycles. The van der Waals surface area contributed by atoms with E-state index in [1.54, 1.807) is 7.11 Å². The first-order valence-electron chi connectivity index (χ1n) is 8.85. The molecule has 1 aliphatic carbocycles. The van der Waals surface area contributed by atoms with Crippen LogP contribution < -0.4 is 4.90 Å². The van der Waals surface area contributed by atoms with E-state index >= 15 is 0 Å². The lowest BCUT2D eigenvalue weighted by Gasteiger charge is -2.18. The Hall–Kier alpha value is -2.09. The second-order valence-corrected chi connectivity index (χ2v) is 6.90. The number of aromatic nitrogens is 5. The van der Waals surface area contributed by atoms with Crippen molar-refractivity contribution in [2.24, 2.45) is 11.8 Å². The van der Waals surface area contributed by atoms with E-state index in [4.69, 9.17) is 4.74 Å². The largest absolute Gasteiger partial charge is 0.377 e. The smallest absolute Gasteiger partial charge is 0.187 e. The van der Waals surface area contributed by atoms with Gasteiger partial charge < -0.3 is 9.64 Å². The number of ether oxygens (including phenoxy) is 1. The van der Waals surface area contributed by atoms with Crippen LogP contribution in [-0.4, -0.2) is 45.3 Å². The molecular weight excluding hydrogens is 323 g/mol. The van der Waals surface area contributed by atoms with Crippen LogP contribution in [0.25, 0.3) is 0 Å². The first-order valence-corrected chi connectivity index (χ1v) is 8.85. The molecule has 2 aromatic heterocycles. The number of H-pyrrole nitrogens is 1. The van der Waals surface area contributed by atoms with Gasteiger partial charge in [0.2, 0.25) is 0 Å². The topological polar surface area (TPSA) is 79.8 Å². The third-order valence-corrected chi connectivity index (χ3v) is 5.23. The number of nitrogens with zero attached hydrogens (tertiary/aromatic N) is 5. The van der Waals surface area contributed by atoms with Crippen molar-refractivity contribution in [1.82, 2.24) is 25.1 Å². The third kappa shape index (κ3) is 3.10. The molecule has 2 aliphatic rings. The number of rotatable bonds is 6. The van der Waals surface area contributed by atoms with Crippen LogP contribution in [0.3, 0.4) is 0 Å². The van der Waals surface area contributed by atoms with Crippen LogP contribution >= 0.6 is 0 Å². The second kappa shape index (κ2) is 6.67. The molecule has 2 aromatic rings. The summed E-state index contributed by atoms with van der Waals surface area (Å²) in [7, 11) is 1.63. The summed E-state index contributed by atoms with van der Waals surface area (Å²) in [6.45, 7) is 3.79. The summed E-state index contributed by atoms with van der Waals surface area (Å²) in [6, 6.07) is 0. The highest BCUT2D eigenvalue weighted by Gasteiger charge is 2.45. The molecule has 1 saturated heterocycles. The van der Waals surface area contributed by atoms with Crippen molar-refractivity contribution in [2.75, 3.05) is 25.1 Å². The maximum atomic E-state index is 14.7. The SMILES string of the molecule is CCc1ncnc(N2C[C@H](c3n[nH]c(COC)n3)[C@@H](C3CC3)C2)c1F. The molecule has 0 amide bonds. The van der Waals surface area contributed by atoms with Gasteiger partial charge in [-0.15, -0.1) is 0 Å². The molecule has 8 heteroatoms. The van der Waals surface area contributed by atoms with Crippen LogP contribution in [0.1, 0.15) is 43.0 Å². The molecule has 7 nitrogen and oxygen atoms in total. The second-order valence-electron chi connectivity index (χ2n) is 6.90. The van der Waals surface area contributed by atoms with Crippen LogP contribution in [-0.2, 0) is 17.8 Å². The van der Waals surface area contributed by atoms with E-state index in [1.807, 2.05) is 11.8 Å².